The van der Waals surface area contributed by atoms with Crippen molar-refractivity contribution in [3.63, 3.8) is 0 Å². The lowest BCUT2D eigenvalue weighted by atomic mass is 10.1. The topological polar surface area (TPSA) is 65.7 Å². The first-order valence-electron chi connectivity index (χ1n) is 9.39. The van der Waals surface area contributed by atoms with E-state index in [9.17, 15) is 0 Å². The first-order valence-corrected chi connectivity index (χ1v) is 10.3. The van der Waals surface area contributed by atoms with E-state index < -0.39 is 0 Å². The van der Waals surface area contributed by atoms with Crippen molar-refractivity contribution in [1.82, 2.24) is 25.2 Å². The van der Waals surface area contributed by atoms with Crippen molar-refractivity contribution in [3.05, 3.63) is 45.7 Å². The van der Waals surface area contributed by atoms with Crippen LogP contribution in [0.25, 0.3) is 5.69 Å². The van der Waals surface area contributed by atoms with Crippen molar-refractivity contribution in [2.24, 2.45) is 0 Å². The Morgan fingerprint density at radius 1 is 1.11 bits per heavy atom. The molecular formula is C20H27N5OS. The summed E-state index contributed by atoms with van der Waals surface area (Å²) in [5, 5.41) is 16.2. The van der Waals surface area contributed by atoms with Gasteiger partial charge in [0.1, 0.15) is 5.75 Å². The van der Waals surface area contributed by atoms with Crippen molar-refractivity contribution in [2.75, 3.05) is 7.11 Å². The number of methoxy groups -OCH3 is 1. The molecule has 2 heterocycles. The number of tetrazole rings is 1. The third kappa shape index (κ3) is 4.71. The van der Waals surface area contributed by atoms with Gasteiger partial charge in [0.05, 0.1) is 23.5 Å². The van der Waals surface area contributed by atoms with Crippen molar-refractivity contribution in [1.29, 1.82) is 0 Å². The monoisotopic (exact) mass is 385 g/mol. The SMILES string of the molecule is COc1ccc(-n2nnc(C(C)C)n2)cc1CCCc1csc(C(C)C)n1. The molecule has 7 heteroatoms. The molecule has 144 valence electrons. The summed E-state index contributed by atoms with van der Waals surface area (Å²) < 4.78 is 5.54. The van der Waals surface area contributed by atoms with E-state index in [2.05, 4.69) is 54.6 Å². The molecule has 0 radical (unpaired) electrons. The normalized spacial score (nSPS) is 11.5. The molecule has 27 heavy (non-hydrogen) atoms. The van der Waals surface area contributed by atoms with Gasteiger partial charge in [0.2, 0.25) is 0 Å². The Kier molecular flexibility index (Phi) is 6.21. The fraction of sp³-hybridized carbons (Fsp3) is 0.500. The second-order valence-electron chi connectivity index (χ2n) is 7.27. The molecule has 0 atom stereocenters. The van der Waals surface area contributed by atoms with Crippen molar-refractivity contribution < 1.29 is 4.74 Å². The zero-order chi connectivity index (χ0) is 19.4. The molecule has 0 fully saturated rings. The quantitative estimate of drug-likeness (QED) is 0.569. The molecule has 0 saturated heterocycles. The van der Waals surface area contributed by atoms with E-state index in [4.69, 9.17) is 9.72 Å². The first-order chi connectivity index (χ1) is 13.0. The zero-order valence-electron chi connectivity index (χ0n) is 16.6. The van der Waals surface area contributed by atoms with E-state index in [0.717, 1.165) is 42.1 Å². The number of nitrogens with zero attached hydrogens (tertiary/aromatic N) is 5. The van der Waals surface area contributed by atoms with E-state index in [1.54, 1.807) is 23.2 Å². The molecule has 0 aliphatic rings. The molecule has 0 N–H and O–H groups in total. The lowest BCUT2D eigenvalue weighted by Crippen LogP contribution is -2.02. The zero-order valence-corrected chi connectivity index (χ0v) is 17.5. The molecule has 0 aliphatic heterocycles. The molecule has 0 aliphatic carbocycles. The molecule has 1 aromatic carbocycles. The van der Waals surface area contributed by atoms with Crippen molar-refractivity contribution >= 4 is 11.3 Å². The van der Waals surface area contributed by atoms with Crippen molar-refractivity contribution in [3.8, 4) is 11.4 Å². The molecule has 0 saturated carbocycles. The van der Waals surface area contributed by atoms with Gasteiger partial charge < -0.3 is 4.74 Å². The second kappa shape index (κ2) is 8.61. The first kappa shape index (κ1) is 19.5. The highest BCUT2D eigenvalue weighted by Gasteiger charge is 2.12. The number of aryl methyl sites for hydroxylation is 2. The maximum absolute atomic E-state index is 5.54. The summed E-state index contributed by atoms with van der Waals surface area (Å²) in [7, 11) is 1.71. The number of benzene rings is 1. The average molecular weight is 386 g/mol. The smallest absolute Gasteiger partial charge is 0.177 e. The number of aromatic nitrogens is 5. The highest BCUT2D eigenvalue weighted by Crippen LogP contribution is 2.25. The van der Waals surface area contributed by atoms with Crippen LogP contribution in [0.2, 0.25) is 0 Å². The summed E-state index contributed by atoms with van der Waals surface area (Å²) >= 11 is 1.75. The number of hydrogen-bond acceptors (Lipinski definition) is 6. The summed E-state index contributed by atoms with van der Waals surface area (Å²) in [5.74, 6) is 2.39. The Bertz CT molecular complexity index is 884. The molecule has 0 bridgehead atoms. The summed E-state index contributed by atoms with van der Waals surface area (Å²) in [5.41, 5.74) is 3.23. The predicted molar refractivity (Wildman–Crippen MR) is 108 cm³/mol. The van der Waals surface area contributed by atoms with Crippen LogP contribution in [0, 0.1) is 0 Å². The number of thiazole rings is 1. The Labute approximate surface area is 164 Å². The number of hydrogen-bond donors (Lipinski definition) is 0. The second-order valence-corrected chi connectivity index (χ2v) is 8.16. The van der Waals surface area contributed by atoms with Gasteiger partial charge in [-0.2, -0.15) is 0 Å². The molecule has 3 aromatic rings. The highest BCUT2D eigenvalue weighted by molar-refractivity contribution is 7.09. The fourth-order valence-corrected chi connectivity index (χ4v) is 3.68. The molecular weight excluding hydrogens is 358 g/mol. The van der Waals surface area contributed by atoms with Gasteiger partial charge in [-0.3, -0.25) is 0 Å². The van der Waals surface area contributed by atoms with Crippen LogP contribution in [-0.2, 0) is 12.8 Å². The van der Waals surface area contributed by atoms with Gasteiger partial charge in [0.25, 0.3) is 0 Å². The van der Waals surface area contributed by atoms with Gasteiger partial charge in [-0.1, -0.05) is 27.7 Å². The maximum Gasteiger partial charge on any atom is 0.177 e. The average Bonchev–Trinajstić information content (AvgIpc) is 3.31. The lowest BCUT2D eigenvalue weighted by Gasteiger charge is -2.10. The van der Waals surface area contributed by atoms with Crippen LogP contribution in [0.1, 0.15) is 68.0 Å². The largest absolute Gasteiger partial charge is 0.496 e. The Morgan fingerprint density at radius 3 is 2.56 bits per heavy atom. The Balaban J connectivity index is 1.71. The van der Waals surface area contributed by atoms with Gasteiger partial charge >= 0.3 is 0 Å². The van der Waals surface area contributed by atoms with Crippen molar-refractivity contribution in [2.45, 2.75) is 58.8 Å². The van der Waals surface area contributed by atoms with Gasteiger partial charge in [0.15, 0.2) is 5.82 Å². The van der Waals surface area contributed by atoms with Crippen LogP contribution >= 0.6 is 11.3 Å². The standard InChI is InChI=1S/C20H27N5OS/c1-13(2)19-22-24-25(23-19)17-9-10-18(26-5)15(11-17)7-6-8-16-12-27-20(21-16)14(3)4/h9-14H,6-8H2,1-5H3. The van der Waals surface area contributed by atoms with Crippen LogP contribution in [0.4, 0.5) is 0 Å². The van der Waals surface area contributed by atoms with E-state index in [-0.39, 0.29) is 5.92 Å². The lowest BCUT2D eigenvalue weighted by molar-refractivity contribution is 0.409. The van der Waals surface area contributed by atoms with E-state index in [1.165, 1.54) is 10.7 Å². The number of rotatable bonds is 8. The fourth-order valence-electron chi connectivity index (χ4n) is 2.81. The predicted octanol–water partition coefficient (Wildman–Crippen LogP) is 4.55. The van der Waals surface area contributed by atoms with Gasteiger partial charge in [-0.15, -0.1) is 26.3 Å². The molecule has 0 spiro atoms. The molecule has 6 nitrogen and oxygen atoms in total. The van der Waals surface area contributed by atoms with Crippen LogP contribution in [-0.4, -0.2) is 32.3 Å². The highest BCUT2D eigenvalue weighted by atomic mass is 32.1. The Hall–Kier alpha value is -2.28. The van der Waals surface area contributed by atoms with Gasteiger partial charge in [-0.25, -0.2) is 4.98 Å². The van der Waals surface area contributed by atoms with E-state index in [0.29, 0.717) is 5.92 Å². The third-order valence-electron chi connectivity index (χ3n) is 4.38. The number of ether oxygens (including phenoxy) is 1. The third-order valence-corrected chi connectivity index (χ3v) is 5.58. The van der Waals surface area contributed by atoms with E-state index >= 15 is 0 Å². The molecule has 3 rings (SSSR count). The van der Waals surface area contributed by atoms with Gasteiger partial charge in [0, 0.05) is 17.2 Å². The molecule has 0 unspecified atom stereocenters. The maximum atomic E-state index is 5.54. The summed E-state index contributed by atoms with van der Waals surface area (Å²) in [4.78, 5) is 6.31. The van der Waals surface area contributed by atoms with Crippen LogP contribution in [0.15, 0.2) is 23.6 Å². The summed E-state index contributed by atoms with van der Waals surface area (Å²) in [6.45, 7) is 8.48. The van der Waals surface area contributed by atoms with Gasteiger partial charge in [-0.05, 0) is 48.2 Å². The van der Waals surface area contributed by atoms with E-state index in [1.807, 2.05) is 12.1 Å². The minimum atomic E-state index is 0.255. The molecule has 0 amide bonds. The minimum absolute atomic E-state index is 0.255. The summed E-state index contributed by atoms with van der Waals surface area (Å²) in [6, 6.07) is 6.03. The molecule has 2 aromatic heterocycles. The van der Waals surface area contributed by atoms with Crippen LogP contribution in [0.5, 0.6) is 5.75 Å². The Morgan fingerprint density at radius 2 is 1.93 bits per heavy atom. The van der Waals surface area contributed by atoms with Crippen LogP contribution in [0.3, 0.4) is 0 Å². The summed E-state index contributed by atoms with van der Waals surface area (Å²) in [6.07, 6.45) is 2.90. The van der Waals surface area contributed by atoms with Crippen LogP contribution < -0.4 is 4.74 Å². The minimum Gasteiger partial charge on any atom is -0.496 e.